The zero-order valence-electron chi connectivity index (χ0n) is 10.1. The fraction of sp³-hybridized carbons (Fsp3) is 0.727. The molecule has 4 heteroatoms. The van der Waals surface area contributed by atoms with Crippen LogP contribution in [0, 0.1) is 5.92 Å². The van der Waals surface area contributed by atoms with Gasteiger partial charge in [-0.2, -0.15) is 0 Å². The molecule has 0 aliphatic heterocycles. The normalized spacial score (nSPS) is 11.0. The topological polar surface area (TPSA) is 28.2 Å². The van der Waals surface area contributed by atoms with Crippen LogP contribution in [0.3, 0.4) is 0 Å². The average Bonchev–Trinajstić information content (AvgIpc) is 2.65. The average molecular weight is 227 g/mol. The Hall–Kier alpha value is -0.610. The van der Waals surface area contributed by atoms with Crippen molar-refractivity contribution in [3.8, 4) is 0 Å². The SMILES string of the molecule is CCN(C)c1nc(CNCC(C)C)cs1. The summed E-state index contributed by atoms with van der Waals surface area (Å²) in [5.41, 5.74) is 1.15. The minimum Gasteiger partial charge on any atom is -0.351 e. The van der Waals surface area contributed by atoms with E-state index in [2.05, 4.69) is 48.4 Å². The van der Waals surface area contributed by atoms with E-state index in [-0.39, 0.29) is 0 Å². The van der Waals surface area contributed by atoms with Crippen LogP contribution in [0.15, 0.2) is 5.38 Å². The molecule has 1 aromatic rings. The quantitative estimate of drug-likeness (QED) is 0.808. The van der Waals surface area contributed by atoms with Crippen molar-refractivity contribution in [2.45, 2.75) is 27.3 Å². The Morgan fingerprint density at radius 3 is 2.87 bits per heavy atom. The van der Waals surface area contributed by atoms with Crippen LogP contribution in [0.2, 0.25) is 0 Å². The first-order valence-corrected chi connectivity index (χ1v) is 6.37. The fourth-order valence-electron chi connectivity index (χ4n) is 1.18. The minimum atomic E-state index is 0.696. The Kier molecular flexibility index (Phi) is 5.05. The molecule has 0 saturated heterocycles. The van der Waals surface area contributed by atoms with Gasteiger partial charge in [0.05, 0.1) is 5.69 Å². The molecular weight excluding hydrogens is 206 g/mol. The molecule has 0 bridgehead atoms. The molecule has 0 saturated carbocycles. The van der Waals surface area contributed by atoms with Gasteiger partial charge in [0.15, 0.2) is 5.13 Å². The first-order valence-electron chi connectivity index (χ1n) is 5.49. The van der Waals surface area contributed by atoms with Crippen molar-refractivity contribution in [3.05, 3.63) is 11.1 Å². The molecule has 86 valence electrons. The van der Waals surface area contributed by atoms with Crippen molar-refractivity contribution >= 4 is 16.5 Å². The summed E-state index contributed by atoms with van der Waals surface area (Å²) in [4.78, 5) is 6.72. The zero-order valence-corrected chi connectivity index (χ0v) is 10.9. The lowest BCUT2D eigenvalue weighted by Gasteiger charge is -2.11. The number of nitrogens with zero attached hydrogens (tertiary/aromatic N) is 2. The van der Waals surface area contributed by atoms with Gasteiger partial charge in [-0.1, -0.05) is 13.8 Å². The molecule has 15 heavy (non-hydrogen) atoms. The van der Waals surface area contributed by atoms with Crippen LogP contribution >= 0.6 is 11.3 Å². The minimum absolute atomic E-state index is 0.696. The highest BCUT2D eigenvalue weighted by molar-refractivity contribution is 7.13. The summed E-state index contributed by atoms with van der Waals surface area (Å²) in [7, 11) is 2.07. The number of nitrogens with one attached hydrogen (secondary N) is 1. The van der Waals surface area contributed by atoms with E-state index < -0.39 is 0 Å². The molecular formula is C11H21N3S. The molecule has 1 rings (SSSR count). The maximum Gasteiger partial charge on any atom is 0.185 e. The lowest BCUT2D eigenvalue weighted by molar-refractivity contribution is 0.549. The molecule has 0 aliphatic rings. The fourth-order valence-corrected chi connectivity index (χ4v) is 2.03. The Bertz CT molecular complexity index is 283. The maximum absolute atomic E-state index is 4.56. The van der Waals surface area contributed by atoms with Crippen LogP contribution in [-0.2, 0) is 6.54 Å². The lowest BCUT2D eigenvalue weighted by Crippen LogP contribution is -2.19. The molecule has 0 aliphatic carbocycles. The van der Waals surface area contributed by atoms with Crippen LogP contribution in [0.25, 0.3) is 0 Å². The number of rotatable bonds is 6. The number of anilines is 1. The van der Waals surface area contributed by atoms with E-state index in [9.17, 15) is 0 Å². The molecule has 1 N–H and O–H groups in total. The Labute approximate surface area is 96.5 Å². The Morgan fingerprint density at radius 2 is 2.27 bits per heavy atom. The van der Waals surface area contributed by atoms with E-state index in [1.807, 2.05) is 0 Å². The molecule has 0 aromatic carbocycles. The van der Waals surface area contributed by atoms with Crippen LogP contribution in [-0.4, -0.2) is 25.1 Å². The zero-order chi connectivity index (χ0) is 11.3. The van der Waals surface area contributed by atoms with Crippen molar-refractivity contribution in [1.82, 2.24) is 10.3 Å². The van der Waals surface area contributed by atoms with Gasteiger partial charge in [-0.3, -0.25) is 0 Å². The van der Waals surface area contributed by atoms with Gasteiger partial charge < -0.3 is 10.2 Å². The second-order valence-electron chi connectivity index (χ2n) is 4.16. The van der Waals surface area contributed by atoms with E-state index in [4.69, 9.17) is 0 Å². The van der Waals surface area contributed by atoms with Crippen LogP contribution in [0.1, 0.15) is 26.5 Å². The molecule has 0 spiro atoms. The van der Waals surface area contributed by atoms with E-state index in [1.54, 1.807) is 11.3 Å². The lowest BCUT2D eigenvalue weighted by atomic mass is 10.2. The van der Waals surface area contributed by atoms with Gasteiger partial charge in [-0.15, -0.1) is 11.3 Å². The van der Waals surface area contributed by atoms with Gasteiger partial charge in [-0.05, 0) is 19.4 Å². The van der Waals surface area contributed by atoms with E-state index in [0.29, 0.717) is 5.92 Å². The van der Waals surface area contributed by atoms with E-state index >= 15 is 0 Å². The third-order valence-electron chi connectivity index (χ3n) is 2.20. The number of aromatic nitrogens is 1. The molecule has 0 radical (unpaired) electrons. The number of hydrogen-bond acceptors (Lipinski definition) is 4. The second kappa shape index (κ2) is 6.08. The van der Waals surface area contributed by atoms with Crippen LogP contribution in [0.4, 0.5) is 5.13 Å². The number of hydrogen-bond donors (Lipinski definition) is 1. The molecule has 0 amide bonds. The summed E-state index contributed by atoms with van der Waals surface area (Å²) >= 11 is 1.72. The van der Waals surface area contributed by atoms with Gasteiger partial charge in [0.2, 0.25) is 0 Å². The third kappa shape index (κ3) is 4.18. The molecule has 1 heterocycles. The molecule has 1 aromatic heterocycles. The van der Waals surface area contributed by atoms with Gasteiger partial charge in [-0.25, -0.2) is 4.98 Å². The van der Waals surface area contributed by atoms with Crippen molar-refractivity contribution < 1.29 is 0 Å². The summed E-state index contributed by atoms with van der Waals surface area (Å²) in [6, 6.07) is 0. The van der Waals surface area contributed by atoms with Gasteiger partial charge >= 0.3 is 0 Å². The Morgan fingerprint density at radius 1 is 1.53 bits per heavy atom. The summed E-state index contributed by atoms with van der Waals surface area (Å²) in [5.74, 6) is 0.696. The summed E-state index contributed by atoms with van der Waals surface area (Å²) < 4.78 is 0. The molecule has 0 fully saturated rings. The Balaban J connectivity index is 2.39. The van der Waals surface area contributed by atoms with E-state index in [0.717, 1.165) is 30.5 Å². The summed E-state index contributed by atoms with van der Waals surface area (Å²) in [6.45, 7) is 9.50. The molecule has 0 unspecified atom stereocenters. The van der Waals surface area contributed by atoms with Crippen LogP contribution < -0.4 is 10.2 Å². The maximum atomic E-state index is 4.56. The van der Waals surface area contributed by atoms with Gasteiger partial charge in [0, 0.05) is 25.5 Å². The standard InChI is InChI=1S/C11H21N3S/c1-5-14(4)11-13-10(8-15-11)7-12-6-9(2)3/h8-9,12H,5-7H2,1-4H3. The van der Waals surface area contributed by atoms with Crippen molar-refractivity contribution in [1.29, 1.82) is 0 Å². The summed E-state index contributed by atoms with van der Waals surface area (Å²) in [6.07, 6.45) is 0. The highest BCUT2D eigenvalue weighted by Crippen LogP contribution is 2.18. The number of thiazole rings is 1. The first-order chi connectivity index (χ1) is 7.13. The molecule has 3 nitrogen and oxygen atoms in total. The van der Waals surface area contributed by atoms with Crippen molar-refractivity contribution in [2.75, 3.05) is 25.0 Å². The highest BCUT2D eigenvalue weighted by atomic mass is 32.1. The van der Waals surface area contributed by atoms with Crippen molar-refractivity contribution in [2.24, 2.45) is 5.92 Å². The van der Waals surface area contributed by atoms with Crippen molar-refractivity contribution in [3.63, 3.8) is 0 Å². The smallest absolute Gasteiger partial charge is 0.185 e. The predicted octanol–water partition coefficient (Wildman–Crippen LogP) is 2.34. The molecule has 0 atom stereocenters. The largest absolute Gasteiger partial charge is 0.351 e. The summed E-state index contributed by atoms with van der Waals surface area (Å²) in [5, 5.41) is 6.64. The third-order valence-corrected chi connectivity index (χ3v) is 3.20. The van der Waals surface area contributed by atoms with Gasteiger partial charge in [0.25, 0.3) is 0 Å². The second-order valence-corrected chi connectivity index (χ2v) is 5.00. The highest BCUT2D eigenvalue weighted by Gasteiger charge is 2.04. The van der Waals surface area contributed by atoms with E-state index in [1.165, 1.54) is 0 Å². The van der Waals surface area contributed by atoms with Crippen LogP contribution in [0.5, 0.6) is 0 Å². The first kappa shape index (κ1) is 12.5. The van der Waals surface area contributed by atoms with Gasteiger partial charge in [0.1, 0.15) is 0 Å². The predicted molar refractivity (Wildman–Crippen MR) is 67.6 cm³/mol. The monoisotopic (exact) mass is 227 g/mol.